The highest BCUT2D eigenvalue weighted by molar-refractivity contribution is 5.97. The number of amides is 4. The smallest absolute Gasteiger partial charge is 0.406 e. The summed E-state index contributed by atoms with van der Waals surface area (Å²) in [7, 11) is 2.71. The summed E-state index contributed by atoms with van der Waals surface area (Å²) < 4.78 is 103. The van der Waals surface area contributed by atoms with Crippen LogP contribution in [0.3, 0.4) is 0 Å². The molecule has 0 unspecified atom stereocenters. The van der Waals surface area contributed by atoms with E-state index in [1.807, 2.05) is 0 Å². The number of fused-ring (bicyclic) bond motifs is 6. The van der Waals surface area contributed by atoms with Crippen molar-refractivity contribution < 1.29 is 59.8 Å². The molecule has 2 aromatic carbocycles. The number of esters is 1. The van der Waals surface area contributed by atoms with Gasteiger partial charge in [0.25, 0.3) is 18.2 Å². The Balaban J connectivity index is 1.38. The fraction of sp³-hybridized carbons (Fsp3) is 0.500. The molecule has 2 N–H and O–H groups in total. The third kappa shape index (κ3) is 11.3. The Labute approximate surface area is 414 Å². The van der Waals surface area contributed by atoms with Gasteiger partial charge in [-0.15, -0.1) is 0 Å². The number of halogens is 6. The van der Waals surface area contributed by atoms with E-state index in [2.05, 4.69) is 22.3 Å². The Morgan fingerprint density at radius 3 is 2.47 bits per heavy atom. The van der Waals surface area contributed by atoms with E-state index in [4.69, 9.17) is 9.47 Å². The minimum Gasteiger partial charge on any atom is -0.464 e. The first-order chi connectivity index (χ1) is 33.8. The van der Waals surface area contributed by atoms with E-state index in [0.29, 0.717) is 34.2 Å². The summed E-state index contributed by atoms with van der Waals surface area (Å²) in [6.07, 6.45) is -5.96. The molecule has 14 nitrogen and oxygen atoms in total. The van der Waals surface area contributed by atoms with Gasteiger partial charge in [0.2, 0.25) is 17.5 Å². The highest BCUT2D eigenvalue weighted by Crippen LogP contribution is 2.43. The number of ether oxygens (including phenoxy) is 2. The fourth-order valence-corrected chi connectivity index (χ4v) is 10.1. The quantitative estimate of drug-likeness (QED) is 0.0869. The van der Waals surface area contributed by atoms with Crippen LogP contribution in [0, 0.1) is 11.3 Å². The highest BCUT2D eigenvalue weighted by atomic mass is 19.4. The molecule has 4 aromatic rings. The number of cyclic esters (lactones) is 1. The number of likely N-dealkylation sites (tertiary alicyclic amines) is 1. The lowest BCUT2D eigenvalue weighted by molar-refractivity contribution is -0.155. The molecule has 2 aromatic heterocycles. The number of carbonyl (C=O) groups excluding carboxylic acids is 5. The minimum absolute atomic E-state index is 0.0633. The molecule has 0 spiro atoms. The van der Waals surface area contributed by atoms with Gasteiger partial charge in [0.1, 0.15) is 24.7 Å². The van der Waals surface area contributed by atoms with E-state index < -0.39 is 109 Å². The first-order valence-electron chi connectivity index (χ1n) is 23.9. The second-order valence-corrected chi connectivity index (χ2v) is 20.2. The lowest BCUT2D eigenvalue weighted by Gasteiger charge is -2.37. The molecule has 6 bridgehead atoms. The number of pyridine rings is 1. The molecule has 3 aliphatic heterocycles. The van der Waals surface area contributed by atoms with Crippen molar-refractivity contribution in [3.63, 3.8) is 0 Å². The zero-order chi connectivity index (χ0) is 52.6. The van der Waals surface area contributed by atoms with E-state index >= 15 is 4.39 Å². The molecule has 388 valence electrons. The van der Waals surface area contributed by atoms with Crippen LogP contribution < -0.4 is 10.7 Å². The lowest BCUT2D eigenvalue weighted by atomic mass is 9.84. The molecule has 20 heteroatoms. The fourth-order valence-electron chi connectivity index (χ4n) is 10.1. The number of hydrogen-bond acceptors (Lipinski definition) is 9. The summed E-state index contributed by atoms with van der Waals surface area (Å²) in [6, 6.07) is 7.99. The molecule has 3 aliphatic rings. The van der Waals surface area contributed by atoms with Crippen molar-refractivity contribution in [1.82, 2.24) is 35.1 Å². The molecule has 72 heavy (non-hydrogen) atoms. The SMILES string of the molecule is C=CC(=O)N1CC[C@](F)(C(=O)N(C)[C@H](C(=O)N[C@H]2Cc3cc(cc(C(F)F)c3)-c3ccc4c(c3)c(c(-c3cccnc3[C@H](C)OC)n4CC(F)(F)F)CC(C)(C)COC(=O)[C@@H]3CCCN(N3)C2=O)C(C)C)C1. The maximum atomic E-state index is 16.4. The van der Waals surface area contributed by atoms with E-state index in [9.17, 15) is 45.9 Å². The summed E-state index contributed by atoms with van der Waals surface area (Å²) in [5.74, 6) is -4.62. The molecule has 0 radical (unpaired) electrons. The Hall–Kier alpha value is -6.28. The molecule has 0 aliphatic carbocycles. The minimum atomic E-state index is -4.70. The van der Waals surface area contributed by atoms with Gasteiger partial charge in [-0.1, -0.05) is 52.5 Å². The van der Waals surface area contributed by atoms with E-state index in [1.54, 1.807) is 58.9 Å². The van der Waals surface area contributed by atoms with Crippen molar-refractivity contribution in [1.29, 1.82) is 0 Å². The number of likely N-dealkylation sites (N-methyl/N-ethyl adjacent to an activating group) is 1. The average Bonchev–Trinajstić information content (AvgIpc) is 3.88. The number of benzene rings is 2. The number of hydrazine groups is 1. The van der Waals surface area contributed by atoms with Gasteiger partial charge in [-0.2, -0.15) is 13.2 Å². The number of rotatable bonds is 11. The van der Waals surface area contributed by atoms with Crippen LogP contribution in [0.4, 0.5) is 26.3 Å². The van der Waals surface area contributed by atoms with Crippen LogP contribution in [0.15, 0.2) is 67.4 Å². The van der Waals surface area contributed by atoms with E-state index in [1.165, 1.54) is 44.6 Å². The third-order valence-electron chi connectivity index (χ3n) is 13.7. The second kappa shape index (κ2) is 21.1. The number of nitrogens with zero attached hydrogens (tertiary/aromatic N) is 5. The van der Waals surface area contributed by atoms with Crippen LogP contribution >= 0.6 is 0 Å². The lowest BCUT2D eigenvalue weighted by Crippen LogP contribution is -2.62. The monoisotopic (exact) mass is 1010 g/mol. The van der Waals surface area contributed by atoms with Crippen LogP contribution in [0.2, 0.25) is 0 Å². The summed E-state index contributed by atoms with van der Waals surface area (Å²) in [6.45, 7) is 9.82. The van der Waals surface area contributed by atoms with E-state index in [0.717, 1.165) is 25.5 Å². The number of carbonyl (C=O) groups is 5. The molecule has 2 fully saturated rings. The van der Waals surface area contributed by atoms with Gasteiger partial charge >= 0.3 is 12.1 Å². The standard InChI is InChI=1S/C52H61F6N7O7/c1-9-41(66)63-19-16-51(55,26-63)49(70)62(7)43(29(2)3)46(67)60-39-22-31-20-33(23-34(21-31)45(53)54)32-14-15-40-36(24-32)37(25-50(5,6)28-72-48(69)38-13-11-18-65(61-38)47(39)68)44(64(40)27-52(56,57)58)35-12-10-17-59-42(35)30(4)71-8/h9-10,12,14-15,17,20-21,23-24,29-30,38-39,43,45,61H,1,11,13,16,18-19,22,25-28H2,2-8H3,(H,60,67)/t30-,38-,39-,43-,51+/m0/s1. The number of hydrogen-bond donors (Lipinski definition) is 2. The van der Waals surface area contributed by atoms with Crippen LogP contribution in [0.25, 0.3) is 33.3 Å². The van der Waals surface area contributed by atoms with Crippen molar-refractivity contribution in [2.75, 3.05) is 40.4 Å². The normalized spacial score (nSPS) is 21.6. The Morgan fingerprint density at radius 1 is 1.07 bits per heavy atom. The van der Waals surface area contributed by atoms with Gasteiger partial charge in [0, 0.05) is 73.7 Å². The number of alkyl halides is 6. The second-order valence-electron chi connectivity index (χ2n) is 20.2. The van der Waals surface area contributed by atoms with Crippen LogP contribution in [0.1, 0.15) is 88.8 Å². The molecule has 5 atom stereocenters. The van der Waals surface area contributed by atoms with Crippen molar-refractivity contribution >= 4 is 40.5 Å². The summed E-state index contributed by atoms with van der Waals surface area (Å²) in [5, 5.41) is 4.26. The van der Waals surface area contributed by atoms with Crippen LogP contribution in [-0.4, -0.2) is 124 Å². The third-order valence-corrected chi connectivity index (χ3v) is 13.7. The van der Waals surface area contributed by atoms with Crippen molar-refractivity contribution in [2.45, 2.75) is 116 Å². The van der Waals surface area contributed by atoms with Crippen LogP contribution in [-0.2, 0) is 52.8 Å². The van der Waals surface area contributed by atoms with Crippen molar-refractivity contribution in [3.05, 3.63) is 89.8 Å². The predicted molar refractivity (Wildman–Crippen MR) is 256 cm³/mol. The molecule has 5 heterocycles. The first kappa shape index (κ1) is 53.5. The Bertz CT molecular complexity index is 2740. The maximum absolute atomic E-state index is 16.4. The van der Waals surface area contributed by atoms with E-state index in [-0.39, 0.29) is 61.3 Å². The molecular formula is C52H61F6N7O7. The van der Waals surface area contributed by atoms with Gasteiger partial charge in [0.05, 0.1) is 30.6 Å². The molecule has 7 rings (SSSR count). The Kier molecular flexibility index (Phi) is 15.6. The first-order valence-corrected chi connectivity index (χ1v) is 23.9. The van der Waals surface area contributed by atoms with Crippen LogP contribution in [0.5, 0.6) is 0 Å². The number of nitrogens with one attached hydrogen (secondary N) is 2. The number of aromatic nitrogens is 2. The molecule has 2 saturated heterocycles. The zero-order valence-corrected chi connectivity index (χ0v) is 41.4. The van der Waals surface area contributed by atoms with Gasteiger partial charge in [-0.3, -0.25) is 34.0 Å². The summed E-state index contributed by atoms with van der Waals surface area (Å²) >= 11 is 0. The molecule has 4 amide bonds. The number of methoxy groups -OCH3 is 1. The van der Waals surface area contributed by atoms with Gasteiger partial charge < -0.3 is 29.2 Å². The highest BCUT2D eigenvalue weighted by Gasteiger charge is 2.50. The van der Waals surface area contributed by atoms with Gasteiger partial charge in [-0.25, -0.2) is 18.6 Å². The Morgan fingerprint density at radius 2 is 1.81 bits per heavy atom. The predicted octanol–water partition coefficient (Wildman–Crippen LogP) is 7.84. The average molecular weight is 1010 g/mol. The summed E-state index contributed by atoms with van der Waals surface area (Å²) in [5.41, 5.74) is 1.33. The molecule has 0 saturated carbocycles. The summed E-state index contributed by atoms with van der Waals surface area (Å²) in [4.78, 5) is 76.0. The zero-order valence-electron chi connectivity index (χ0n) is 41.4. The van der Waals surface area contributed by atoms with Gasteiger partial charge in [-0.05, 0) is 90.8 Å². The topological polar surface area (TPSA) is 155 Å². The van der Waals surface area contributed by atoms with Crippen molar-refractivity contribution in [3.8, 4) is 22.4 Å². The largest absolute Gasteiger partial charge is 0.464 e. The van der Waals surface area contributed by atoms with Crippen molar-refractivity contribution in [2.24, 2.45) is 11.3 Å². The molecular weight excluding hydrogens is 949 g/mol. The van der Waals surface area contributed by atoms with Gasteiger partial charge in [0.15, 0.2) is 0 Å². The maximum Gasteiger partial charge on any atom is 0.406 e.